The second kappa shape index (κ2) is 3.49. The summed E-state index contributed by atoms with van der Waals surface area (Å²) >= 11 is 0. The van der Waals surface area contributed by atoms with E-state index in [9.17, 15) is 0 Å². The Labute approximate surface area is 62.5 Å². The van der Waals surface area contributed by atoms with E-state index in [0.717, 1.165) is 19.0 Å². The highest BCUT2D eigenvalue weighted by Gasteiger charge is 2.08. The van der Waals surface area contributed by atoms with Gasteiger partial charge in [-0.05, 0) is 25.8 Å². The molecule has 0 aliphatic carbocycles. The van der Waals surface area contributed by atoms with Gasteiger partial charge in [-0.15, -0.1) is 0 Å². The Morgan fingerprint density at radius 1 is 1.70 bits per heavy atom. The topological polar surface area (TPSA) is 12.5 Å². The summed E-state index contributed by atoms with van der Waals surface area (Å²) in [5, 5.41) is 0. The Morgan fingerprint density at radius 2 is 2.50 bits per heavy atom. The van der Waals surface area contributed by atoms with Crippen molar-refractivity contribution in [3.8, 4) is 0 Å². The van der Waals surface area contributed by atoms with Crippen molar-refractivity contribution in [2.24, 2.45) is 0 Å². The molecule has 0 aromatic heterocycles. The zero-order valence-corrected chi connectivity index (χ0v) is 6.76. The number of allylic oxidation sites excluding steroid dienone is 1. The fourth-order valence-corrected chi connectivity index (χ4v) is 1.14. The van der Waals surface area contributed by atoms with E-state index in [-0.39, 0.29) is 0 Å². The fourth-order valence-electron chi connectivity index (χ4n) is 1.14. The number of hydrogen-bond donors (Lipinski definition) is 0. The first-order valence-corrected chi connectivity index (χ1v) is 3.88. The van der Waals surface area contributed by atoms with Crippen molar-refractivity contribution in [1.29, 1.82) is 0 Å². The lowest BCUT2D eigenvalue weighted by Gasteiger charge is -2.25. The first-order valence-electron chi connectivity index (χ1n) is 3.88. The van der Waals surface area contributed by atoms with Crippen LogP contribution in [0.25, 0.3) is 0 Å². The molecule has 0 N–H and O–H groups in total. The molecule has 1 aliphatic heterocycles. The van der Waals surface area contributed by atoms with Gasteiger partial charge in [0.1, 0.15) is 0 Å². The molecule has 0 fully saturated rings. The average molecular weight is 141 g/mol. The third kappa shape index (κ3) is 1.66. The standard InChI is InChI=1S/C8H15NO/c1-3-10-8-6-4-5-7-9(8)2/h6H,3-5,7H2,1-2H3. The highest BCUT2D eigenvalue weighted by Crippen LogP contribution is 2.12. The molecule has 0 radical (unpaired) electrons. The molecule has 0 bridgehead atoms. The van der Waals surface area contributed by atoms with Crippen LogP contribution >= 0.6 is 0 Å². The summed E-state index contributed by atoms with van der Waals surface area (Å²) in [5.74, 6) is 1.05. The summed E-state index contributed by atoms with van der Waals surface area (Å²) in [4.78, 5) is 2.16. The van der Waals surface area contributed by atoms with E-state index in [1.165, 1.54) is 12.8 Å². The van der Waals surface area contributed by atoms with E-state index in [4.69, 9.17) is 4.74 Å². The molecule has 0 spiro atoms. The van der Waals surface area contributed by atoms with Crippen molar-refractivity contribution in [3.63, 3.8) is 0 Å². The minimum atomic E-state index is 0.774. The van der Waals surface area contributed by atoms with Gasteiger partial charge in [0, 0.05) is 13.6 Å². The molecule has 2 heteroatoms. The Kier molecular flexibility index (Phi) is 2.60. The summed E-state index contributed by atoms with van der Waals surface area (Å²) < 4.78 is 5.38. The number of nitrogens with zero attached hydrogens (tertiary/aromatic N) is 1. The molecule has 2 nitrogen and oxygen atoms in total. The predicted octanol–water partition coefficient (Wildman–Crippen LogP) is 1.59. The fraction of sp³-hybridized carbons (Fsp3) is 0.750. The van der Waals surface area contributed by atoms with Crippen LogP contribution in [-0.2, 0) is 4.74 Å². The van der Waals surface area contributed by atoms with Crippen LogP contribution in [0.15, 0.2) is 12.0 Å². The SMILES string of the molecule is CCOC1=CCCCN1C. The largest absolute Gasteiger partial charge is 0.480 e. The minimum absolute atomic E-state index is 0.774. The van der Waals surface area contributed by atoms with Gasteiger partial charge in [0.2, 0.25) is 0 Å². The van der Waals surface area contributed by atoms with Gasteiger partial charge in [-0.25, -0.2) is 0 Å². The molecule has 0 unspecified atom stereocenters. The van der Waals surface area contributed by atoms with Crippen molar-refractivity contribution in [3.05, 3.63) is 12.0 Å². The molecule has 0 atom stereocenters. The smallest absolute Gasteiger partial charge is 0.184 e. The Hall–Kier alpha value is -0.660. The summed E-state index contributed by atoms with van der Waals surface area (Å²) in [7, 11) is 2.07. The lowest BCUT2D eigenvalue weighted by molar-refractivity contribution is 0.128. The van der Waals surface area contributed by atoms with Crippen molar-refractivity contribution in [2.45, 2.75) is 19.8 Å². The first kappa shape index (κ1) is 7.45. The molecule has 1 heterocycles. The van der Waals surface area contributed by atoms with E-state index in [2.05, 4.69) is 18.0 Å². The summed E-state index contributed by atoms with van der Waals surface area (Å²) in [6.45, 7) is 3.92. The molecule has 1 rings (SSSR count). The molecule has 10 heavy (non-hydrogen) atoms. The Morgan fingerprint density at radius 3 is 3.10 bits per heavy atom. The van der Waals surface area contributed by atoms with Crippen molar-refractivity contribution in [1.82, 2.24) is 4.90 Å². The van der Waals surface area contributed by atoms with Gasteiger partial charge in [0.15, 0.2) is 5.88 Å². The van der Waals surface area contributed by atoms with E-state index in [1.54, 1.807) is 0 Å². The van der Waals surface area contributed by atoms with Crippen molar-refractivity contribution >= 4 is 0 Å². The van der Waals surface area contributed by atoms with Gasteiger partial charge in [0.25, 0.3) is 0 Å². The van der Waals surface area contributed by atoms with Gasteiger partial charge in [-0.3, -0.25) is 0 Å². The number of rotatable bonds is 2. The van der Waals surface area contributed by atoms with Crippen LogP contribution in [0.2, 0.25) is 0 Å². The van der Waals surface area contributed by atoms with Crippen LogP contribution in [0.4, 0.5) is 0 Å². The van der Waals surface area contributed by atoms with Crippen LogP contribution in [0.1, 0.15) is 19.8 Å². The second-order valence-corrected chi connectivity index (χ2v) is 2.54. The quantitative estimate of drug-likeness (QED) is 0.579. The first-order chi connectivity index (χ1) is 4.84. The highest BCUT2D eigenvalue weighted by molar-refractivity contribution is 4.95. The van der Waals surface area contributed by atoms with Gasteiger partial charge in [-0.1, -0.05) is 0 Å². The van der Waals surface area contributed by atoms with Crippen molar-refractivity contribution < 1.29 is 4.74 Å². The third-order valence-electron chi connectivity index (χ3n) is 1.69. The molecule has 58 valence electrons. The molecular weight excluding hydrogens is 126 g/mol. The summed E-state index contributed by atoms with van der Waals surface area (Å²) in [5.41, 5.74) is 0. The van der Waals surface area contributed by atoms with Gasteiger partial charge >= 0.3 is 0 Å². The van der Waals surface area contributed by atoms with E-state index in [0.29, 0.717) is 0 Å². The molecule has 0 aromatic carbocycles. The highest BCUT2D eigenvalue weighted by atomic mass is 16.5. The summed E-state index contributed by atoms with van der Waals surface area (Å²) in [6, 6.07) is 0. The molecule has 0 saturated heterocycles. The monoisotopic (exact) mass is 141 g/mol. The van der Waals surface area contributed by atoms with E-state index in [1.807, 2.05) is 6.92 Å². The molecule has 0 aromatic rings. The van der Waals surface area contributed by atoms with Crippen LogP contribution in [-0.4, -0.2) is 25.1 Å². The molecular formula is C8H15NO. The number of hydrogen-bond acceptors (Lipinski definition) is 2. The predicted molar refractivity (Wildman–Crippen MR) is 41.6 cm³/mol. The van der Waals surface area contributed by atoms with Crippen molar-refractivity contribution in [2.75, 3.05) is 20.2 Å². The lowest BCUT2D eigenvalue weighted by Crippen LogP contribution is -2.23. The van der Waals surface area contributed by atoms with E-state index < -0.39 is 0 Å². The Bertz CT molecular complexity index is 131. The minimum Gasteiger partial charge on any atom is -0.480 e. The lowest BCUT2D eigenvalue weighted by atomic mass is 10.2. The maximum atomic E-state index is 5.38. The third-order valence-corrected chi connectivity index (χ3v) is 1.69. The number of ether oxygens (including phenoxy) is 1. The molecule has 1 aliphatic rings. The summed E-state index contributed by atoms with van der Waals surface area (Å²) in [6.07, 6.45) is 4.58. The van der Waals surface area contributed by atoms with Crippen LogP contribution < -0.4 is 0 Å². The van der Waals surface area contributed by atoms with Gasteiger partial charge in [0.05, 0.1) is 6.61 Å². The average Bonchev–Trinajstić information content (AvgIpc) is 1.94. The Balaban J connectivity index is 2.44. The molecule has 0 saturated carbocycles. The van der Waals surface area contributed by atoms with Crippen LogP contribution in [0.5, 0.6) is 0 Å². The zero-order valence-electron chi connectivity index (χ0n) is 6.76. The van der Waals surface area contributed by atoms with Gasteiger partial charge in [-0.2, -0.15) is 0 Å². The maximum Gasteiger partial charge on any atom is 0.184 e. The zero-order chi connectivity index (χ0) is 7.40. The van der Waals surface area contributed by atoms with E-state index >= 15 is 0 Å². The normalized spacial score (nSPS) is 18.6. The second-order valence-electron chi connectivity index (χ2n) is 2.54. The van der Waals surface area contributed by atoms with Gasteiger partial charge < -0.3 is 9.64 Å². The maximum absolute atomic E-state index is 5.38. The van der Waals surface area contributed by atoms with Crippen LogP contribution in [0, 0.1) is 0 Å². The molecule has 0 amide bonds. The van der Waals surface area contributed by atoms with Crippen LogP contribution in [0.3, 0.4) is 0 Å².